The van der Waals surface area contributed by atoms with E-state index in [0.717, 1.165) is 32.7 Å². The average molecular weight is 1150 g/mol. The first-order valence-electron chi connectivity index (χ1n) is 28.6. The van der Waals surface area contributed by atoms with Crippen LogP contribution in [0.25, 0.3) is 32.7 Å². The molecule has 18 N–H and O–H groups in total. The Balaban J connectivity index is 1.26. The van der Waals surface area contributed by atoms with E-state index in [2.05, 4.69) is 52.2 Å². The Morgan fingerprint density at radius 2 is 0.759 bits per heavy atom. The molecule has 0 saturated carbocycles. The van der Waals surface area contributed by atoms with E-state index in [1.807, 2.05) is 100 Å². The van der Waals surface area contributed by atoms with E-state index in [9.17, 15) is 48.6 Å². The summed E-state index contributed by atoms with van der Waals surface area (Å²) in [6.07, 6.45) is 7.50. The number of amides is 7. The number of aliphatic carboxylic acids is 1. The fourth-order valence-corrected chi connectivity index (χ4v) is 10.1. The first kappa shape index (κ1) is 64.1. The minimum Gasteiger partial charge on any atom is -0.480 e. The number of aromatic amines is 3. The van der Waals surface area contributed by atoms with Crippen molar-refractivity contribution < 1.29 is 48.6 Å². The van der Waals surface area contributed by atoms with Crippen molar-refractivity contribution in [2.24, 2.45) is 29.0 Å². The summed E-state index contributed by atoms with van der Waals surface area (Å²) in [6.45, 7) is 7.27. The molecule has 83 heavy (non-hydrogen) atoms. The highest BCUT2D eigenvalue weighted by molar-refractivity contribution is 5.99. The van der Waals surface area contributed by atoms with Gasteiger partial charge in [0, 0.05) is 70.6 Å². The van der Waals surface area contributed by atoms with Crippen LogP contribution in [0.4, 0.5) is 0 Å². The third-order valence-corrected chi connectivity index (χ3v) is 14.6. The van der Waals surface area contributed by atoms with Gasteiger partial charge in [-0.15, -0.1) is 0 Å². The molecular formula is C60H83N13O10. The van der Waals surface area contributed by atoms with Crippen molar-refractivity contribution in [1.29, 1.82) is 0 Å². The van der Waals surface area contributed by atoms with E-state index in [1.54, 1.807) is 18.6 Å². The number of fused-ring (bicyclic) bond motifs is 3. The van der Waals surface area contributed by atoms with Crippen LogP contribution < -0.4 is 54.4 Å². The summed E-state index contributed by atoms with van der Waals surface area (Å²) >= 11 is 0. The van der Waals surface area contributed by atoms with Gasteiger partial charge in [-0.2, -0.15) is 0 Å². The van der Waals surface area contributed by atoms with Gasteiger partial charge in [0.25, 0.3) is 0 Å². The maximum atomic E-state index is 14.9. The van der Waals surface area contributed by atoms with Crippen molar-refractivity contribution in [3.63, 3.8) is 0 Å². The molecule has 0 unspecified atom stereocenters. The lowest BCUT2D eigenvalue weighted by atomic mass is 9.98. The number of carboxylic acid groups (broad SMARTS) is 1. The van der Waals surface area contributed by atoms with Crippen molar-refractivity contribution in [1.82, 2.24) is 52.2 Å². The van der Waals surface area contributed by atoms with E-state index in [-0.39, 0.29) is 56.9 Å². The predicted octanol–water partition coefficient (Wildman–Crippen LogP) is 2.31. The van der Waals surface area contributed by atoms with E-state index in [0.29, 0.717) is 55.3 Å². The summed E-state index contributed by atoms with van der Waals surface area (Å²) in [7, 11) is 0. The lowest BCUT2D eigenvalue weighted by molar-refractivity contribution is -0.142. The van der Waals surface area contributed by atoms with Crippen LogP contribution >= 0.6 is 0 Å². The van der Waals surface area contributed by atoms with Gasteiger partial charge in [0.2, 0.25) is 41.4 Å². The van der Waals surface area contributed by atoms with E-state index >= 15 is 0 Å². The number of benzene rings is 3. The molecule has 0 spiro atoms. The summed E-state index contributed by atoms with van der Waals surface area (Å²) < 4.78 is 0. The molecule has 0 bridgehead atoms. The second-order valence-corrected chi connectivity index (χ2v) is 22.1. The third-order valence-electron chi connectivity index (χ3n) is 14.6. The summed E-state index contributed by atoms with van der Waals surface area (Å²) in [5.41, 5.74) is 21.7. The summed E-state index contributed by atoms with van der Waals surface area (Å²) in [4.78, 5) is 122. The van der Waals surface area contributed by atoms with Gasteiger partial charge in [0.1, 0.15) is 42.3 Å². The van der Waals surface area contributed by atoms with E-state index in [4.69, 9.17) is 17.2 Å². The largest absolute Gasteiger partial charge is 0.480 e. The number of hydrogen-bond donors (Lipinski definition) is 15. The lowest BCUT2D eigenvalue weighted by Crippen LogP contribution is -2.61. The number of H-pyrrole nitrogens is 3. The zero-order chi connectivity index (χ0) is 60.2. The quantitative estimate of drug-likeness (QED) is 0.0258. The van der Waals surface area contributed by atoms with Gasteiger partial charge >= 0.3 is 5.97 Å². The van der Waals surface area contributed by atoms with Crippen molar-refractivity contribution in [2.75, 3.05) is 19.7 Å². The second kappa shape index (κ2) is 31.4. The molecule has 8 atom stereocenters. The highest BCUT2D eigenvalue weighted by Crippen LogP contribution is 2.23. The van der Waals surface area contributed by atoms with Gasteiger partial charge in [-0.1, -0.05) is 88.7 Å². The van der Waals surface area contributed by atoms with E-state index in [1.165, 1.54) is 0 Å². The Kier molecular flexibility index (Phi) is 24.2. The van der Waals surface area contributed by atoms with Crippen LogP contribution in [0.3, 0.4) is 0 Å². The van der Waals surface area contributed by atoms with E-state index < -0.39 is 102 Å². The van der Waals surface area contributed by atoms with Crippen LogP contribution in [-0.2, 0) is 57.6 Å². The zero-order valence-electron chi connectivity index (χ0n) is 47.7. The number of nitrogens with one attached hydrogen (secondary N) is 10. The molecule has 0 aliphatic heterocycles. The number of rotatable bonds is 34. The molecule has 0 aliphatic carbocycles. The fraction of sp³-hybridized carbons (Fsp3) is 0.467. The Morgan fingerprint density at radius 1 is 0.434 bits per heavy atom. The van der Waals surface area contributed by atoms with Crippen LogP contribution in [0.2, 0.25) is 0 Å². The summed E-state index contributed by atoms with van der Waals surface area (Å²) in [5.74, 6) is -6.96. The van der Waals surface area contributed by atoms with Crippen molar-refractivity contribution in [3.8, 4) is 0 Å². The van der Waals surface area contributed by atoms with Crippen LogP contribution in [0.1, 0.15) is 95.8 Å². The minimum atomic E-state index is -1.47. The molecular weight excluding hydrogens is 1060 g/mol. The van der Waals surface area contributed by atoms with Gasteiger partial charge in [-0.05, 0) is 105 Å². The first-order valence-corrected chi connectivity index (χ1v) is 28.6. The standard InChI is InChI=1S/C60H83N13O10/c1-34(2)25-47(68-57(79)49(27-36-30-64-43-19-8-5-15-39(36)43)70-54(76)46(22-12-14-24-62)67-59(81)52(33-74)73-53(75)42(63)18-11-13-23-61)55(77)71-50(28-37-31-65-44-20-9-6-16-40(37)44)58(80)69-48(26-35(3)4)56(78)72-51(60(82)83)29-38-32-66-45-21-10-7-17-41(38)45/h5-10,15-17,19-21,30-32,34-35,42,46-52,64-66,74H,11-14,18,22-29,33,61-63H2,1-4H3,(H,67,81)(H,68,79)(H,69,80)(H,70,76)(H,71,77)(H,72,78)(H,73,75)(H,82,83)/t42-,46-,47-,48-,49+,50+,51+,52+/m0/s1. The molecule has 3 aromatic heterocycles. The Morgan fingerprint density at radius 3 is 1.16 bits per heavy atom. The van der Waals surface area contributed by atoms with Crippen molar-refractivity contribution >= 4 is 80.0 Å². The molecule has 6 rings (SSSR count). The number of para-hydroxylation sites is 3. The highest BCUT2D eigenvalue weighted by Gasteiger charge is 2.36. The third kappa shape index (κ3) is 18.4. The van der Waals surface area contributed by atoms with Crippen molar-refractivity contribution in [2.45, 2.75) is 147 Å². The van der Waals surface area contributed by atoms with Crippen LogP contribution in [0.5, 0.6) is 0 Å². The smallest absolute Gasteiger partial charge is 0.326 e. The normalized spacial score (nSPS) is 14.5. The van der Waals surface area contributed by atoms with Gasteiger partial charge < -0.3 is 79.6 Å². The van der Waals surface area contributed by atoms with Gasteiger partial charge in [-0.3, -0.25) is 33.6 Å². The highest BCUT2D eigenvalue weighted by atomic mass is 16.4. The first-order chi connectivity index (χ1) is 39.8. The zero-order valence-corrected chi connectivity index (χ0v) is 47.7. The monoisotopic (exact) mass is 1150 g/mol. The SMILES string of the molecule is CC(C)C[C@H](NC(=O)[C@@H](Cc1c[nH]c2ccccc12)NC(=O)[C@H](CC(C)C)NC(=O)[C@@H](Cc1c[nH]c2ccccc12)NC(=O)[C@H](CCCCN)NC(=O)[C@@H](CO)NC(=O)[C@@H](N)CCCCN)C(=O)N[C@H](Cc1c[nH]c2ccccc12)C(=O)O. The molecule has 6 aromatic rings. The van der Waals surface area contributed by atoms with Crippen LogP contribution in [0, 0.1) is 11.8 Å². The molecule has 0 radical (unpaired) electrons. The molecule has 3 aromatic carbocycles. The molecule has 448 valence electrons. The number of aliphatic hydroxyl groups is 1. The maximum Gasteiger partial charge on any atom is 0.326 e. The molecule has 0 fully saturated rings. The fourth-order valence-electron chi connectivity index (χ4n) is 10.1. The number of carbonyl (C=O) groups is 8. The molecule has 23 heteroatoms. The number of carboxylic acids is 1. The Bertz CT molecular complexity index is 3150. The number of hydrogen-bond acceptors (Lipinski definition) is 12. The Labute approximate surface area is 482 Å². The number of aromatic nitrogens is 3. The second-order valence-electron chi connectivity index (χ2n) is 22.1. The number of unbranched alkanes of at least 4 members (excludes halogenated alkanes) is 2. The van der Waals surface area contributed by atoms with Gasteiger partial charge in [0.05, 0.1) is 12.6 Å². The van der Waals surface area contributed by atoms with Gasteiger partial charge in [-0.25, -0.2) is 4.79 Å². The average Bonchev–Trinajstić information content (AvgIpc) is 4.43. The molecule has 0 aliphatic rings. The molecule has 23 nitrogen and oxygen atoms in total. The molecule has 7 amide bonds. The topological polar surface area (TPSA) is 387 Å². The van der Waals surface area contributed by atoms with Crippen molar-refractivity contribution in [3.05, 3.63) is 108 Å². The lowest BCUT2D eigenvalue weighted by Gasteiger charge is -2.29. The predicted molar refractivity (Wildman–Crippen MR) is 317 cm³/mol. The number of aliphatic hydroxyl groups excluding tert-OH is 1. The number of nitrogens with two attached hydrogens (primary N) is 3. The number of carbonyl (C=O) groups excluding carboxylic acids is 7. The minimum absolute atomic E-state index is 0.0490. The van der Waals surface area contributed by atoms with Gasteiger partial charge in [0.15, 0.2) is 0 Å². The summed E-state index contributed by atoms with van der Waals surface area (Å²) in [5, 5.41) is 42.1. The van der Waals surface area contributed by atoms with Crippen LogP contribution in [-0.4, -0.2) is 141 Å². The molecule has 3 heterocycles. The maximum absolute atomic E-state index is 14.9. The molecule has 0 saturated heterocycles. The summed E-state index contributed by atoms with van der Waals surface area (Å²) in [6, 6.07) is 11.8. The van der Waals surface area contributed by atoms with Crippen LogP contribution in [0.15, 0.2) is 91.4 Å². The Hall–Kier alpha value is -8.12.